The summed E-state index contributed by atoms with van der Waals surface area (Å²) in [5.74, 6) is 0. The molecule has 0 aliphatic heterocycles. The van der Waals surface area contributed by atoms with Crippen LogP contribution in [-0.2, 0) is 26.2 Å². The molecule has 0 amide bonds. The van der Waals surface area contributed by atoms with Gasteiger partial charge in [0.1, 0.15) is 0 Å². The largest absolute Gasteiger partial charge is 4.00 e. The Morgan fingerprint density at radius 3 is 1.90 bits per heavy atom. The summed E-state index contributed by atoms with van der Waals surface area (Å²) in [6, 6.07) is 42.2. The fourth-order valence-corrected chi connectivity index (χ4v) is 3.13. The van der Waals surface area contributed by atoms with Crippen LogP contribution in [0.15, 0.2) is 121 Å². The van der Waals surface area contributed by atoms with E-state index in [-0.39, 0.29) is 51.0 Å². The molecule has 0 aliphatic carbocycles. The second-order valence-corrected chi connectivity index (χ2v) is 6.28. The molecule has 5 aromatic rings. The average molecular weight is 495 g/mol. The molecule has 0 aromatic heterocycles. The maximum Gasteiger partial charge on any atom is 4.00 e. The van der Waals surface area contributed by atoms with Gasteiger partial charge in [-0.25, -0.2) is 0 Å². The van der Waals surface area contributed by atoms with Crippen LogP contribution in [0, 0.1) is 0 Å². The van der Waals surface area contributed by atoms with Gasteiger partial charge in [0.2, 0.25) is 0 Å². The molecule has 0 aliphatic rings. The molecule has 0 fully saturated rings. The summed E-state index contributed by atoms with van der Waals surface area (Å²) in [4.78, 5) is 0. The maximum absolute atomic E-state index is 2.24. The molecule has 0 bridgehead atoms. The summed E-state index contributed by atoms with van der Waals surface area (Å²) in [6.45, 7) is 0. The van der Waals surface area contributed by atoms with E-state index in [2.05, 4.69) is 109 Å². The molecular weight excluding hydrogens is 474 g/mol. The van der Waals surface area contributed by atoms with E-state index in [1.807, 2.05) is 12.1 Å². The van der Waals surface area contributed by atoms with Gasteiger partial charge in [-0.2, -0.15) is 17.5 Å². The first-order chi connectivity index (χ1) is 12.9. The van der Waals surface area contributed by atoms with Crippen molar-refractivity contribution in [3.8, 4) is 22.3 Å². The van der Waals surface area contributed by atoms with Crippen LogP contribution < -0.4 is 24.8 Å². The topological polar surface area (TPSA) is 0 Å². The smallest absolute Gasteiger partial charge is 1.00 e. The third-order valence-corrected chi connectivity index (χ3v) is 4.52. The Kier molecular flexibility index (Phi) is 10.9. The molecule has 3 heteroatoms. The molecule has 0 saturated carbocycles. The van der Waals surface area contributed by atoms with Gasteiger partial charge in [-0.1, -0.05) is 65.7 Å². The standard InChI is InChI=1S/C17H13.C9H7.2ClH.Zr/c1-3-7-14(8-4-1)16-11-12-17(13-16)15-9-5-2-6-10-15;1-2-5-9-7-3-6-8(9)4-1;;;/h1-13H;1-7H;2*1H;/q2*-1;;;+4/p-2. The Balaban J connectivity index is 0.000000302. The molecule has 0 atom stereocenters. The van der Waals surface area contributed by atoms with Gasteiger partial charge in [-0.05, 0) is 0 Å². The second kappa shape index (κ2) is 12.6. The molecule has 142 valence electrons. The normalized spacial score (nSPS) is 9.24. The number of fused-ring (bicyclic) bond motifs is 1. The third-order valence-electron chi connectivity index (χ3n) is 4.52. The summed E-state index contributed by atoms with van der Waals surface area (Å²) in [5.41, 5.74) is 5.11. The molecule has 0 unspecified atom stereocenters. The predicted molar refractivity (Wildman–Crippen MR) is 112 cm³/mol. The van der Waals surface area contributed by atoms with Gasteiger partial charge in [0, 0.05) is 0 Å². The van der Waals surface area contributed by atoms with Gasteiger partial charge in [0.15, 0.2) is 0 Å². The Morgan fingerprint density at radius 1 is 0.586 bits per heavy atom. The zero-order valence-electron chi connectivity index (χ0n) is 15.8. The van der Waals surface area contributed by atoms with Crippen molar-refractivity contribution in [3.63, 3.8) is 0 Å². The van der Waals surface area contributed by atoms with Crippen molar-refractivity contribution in [1.82, 2.24) is 0 Å². The van der Waals surface area contributed by atoms with Crippen LogP contribution in [0.2, 0.25) is 0 Å². The minimum atomic E-state index is 0. The molecule has 29 heavy (non-hydrogen) atoms. The van der Waals surface area contributed by atoms with Crippen LogP contribution in [0.4, 0.5) is 0 Å². The molecule has 0 N–H and O–H groups in total. The number of rotatable bonds is 2. The first-order valence-corrected chi connectivity index (χ1v) is 8.88. The molecule has 0 saturated heterocycles. The van der Waals surface area contributed by atoms with Gasteiger partial charge < -0.3 is 24.8 Å². The average Bonchev–Trinajstić information content (AvgIpc) is 3.40. The van der Waals surface area contributed by atoms with Crippen LogP contribution >= 0.6 is 0 Å². The molecule has 0 heterocycles. The number of halogens is 2. The summed E-state index contributed by atoms with van der Waals surface area (Å²) in [7, 11) is 0. The van der Waals surface area contributed by atoms with E-state index in [9.17, 15) is 0 Å². The van der Waals surface area contributed by atoms with Gasteiger partial charge in [0.25, 0.3) is 0 Å². The van der Waals surface area contributed by atoms with Crippen LogP contribution in [0.3, 0.4) is 0 Å². The second-order valence-electron chi connectivity index (χ2n) is 6.28. The Bertz CT molecular complexity index is 995. The summed E-state index contributed by atoms with van der Waals surface area (Å²) in [6.07, 6.45) is 0. The third kappa shape index (κ3) is 6.54. The fourth-order valence-electron chi connectivity index (χ4n) is 3.13. The monoisotopic (exact) mass is 492 g/mol. The number of benzene rings is 3. The molecule has 0 spiro atoms. The van der Waals surface area contributed by atoms with Crippen molar-refractivity contribution in [2.45, 2.75) is 0 Å². The quantitative estimate of drug-likeness (QED) is 0.325. The zero-order valence-corrected chi connectivity index (χ0v) is 19.8. The summed E-state index contributed by atoms with van der Waals surface area (Å²) in [5, 5.41) is 2.66. The minimum Gasteiger partial charge on any atom is -1.00 e. The van der Waals surface area contributed by atoms with Crippen molar-refractivity contribution in [2.75, 3.05) is 0 Å². The Labute approximate surface area is 204 Å². The van der Waals surface area contributed by atoms with E-state index in [0.29, 0.717) is 0 Å². The number of hydrogen-bond donors (Lipinski definition) is 0. The van der Waals surface area contributed by atoms with E-state index in [0.717, 1.165) is 0 Å². The molecular formula is C26H20Cl2Zr. The first kappa shape index (κ1) is 25.1. The van der Waals surface area contributed by atoms with Crippen LogP contribution in [-0.4, -0.2) is 0 Å². The first-order valence-electron chi connectivity index (χ1n) is 8.88. The zero-order chi connectivity index (χ0) is 17.6. The Morgan fingerprint density at radius 2 is 1.21 bits per heavy atom. The molecule has 0 radical (unpaired) electrons. The predicted octanol–water partition coefficient (Wildman–Crippen LogP) is 1.30. The van der Waals surface area contributed by atoms with E-state index in [4.69, 9.17) is 0 Å². The van der Waals surface area contributed by atoms with Gasteiger partial charge >= 0.3 is 26.2 Å². The fraction of sp³-hybridized carbons (Fsp3) is 0. The van der Waals surface area contributed by atoms with Crippen molar-refractivity contribution in [2.24, 2.45) is 0 Å². The molecule has 0 nitrogen and oxygen atoms in total. The molecule has 5 aromatic carbocycles. The van der Waals surface area contributed by atoms with Crippen molar-refractivity contribution >= 4 is 10.8 Å². The van der Waals surface area contributed by atoms with E-state index in [1.165, 1.54) is 33.0 Å². The van der Waals surface area contributed by atoms with E-state index >= 15 is 0 Å². The van der Waals surface area contributed by atoms with Gasteiger partial charge in [0.05, 0.1) is 0 Å². The van der Waals surface area contributed by atoms with Crippen LogP contribution in [0.25, 0.3) is 33.0 Å². The number of hydrogen-bond acceptors (Lipinski definition) is 0. The van der Waals surface area contributed by atoms with Gasteiger partial charge in [-0.3, -0.25) is 0 Å². The minimum absolute atomic E-state index is 0. The molecule has 5 rings (SSSR count). The Hall–Kier alpha value is -1.92. The summed E-state index contributed by atoms with van der Waals surface area (Å²) < 4.78 is 0. The van der Waals surface area contributed by atoms with Crippen LogP contribution in [0.5, 0.6) is 0 Å². The van der Waals surface area contributed by atoms with E-state index in [1.54, 1.807) is 0 Å². The van der Waals surface area contributed by atoms with Crippen molar-refractivity contribution in [1.29, 1.82) is 0 Å². The summed E-state index contributed by atoms with van der Waals surface area (Å²) >= 11 is 0. The van der Waals surface area contributed by atoms with Crippen molar-refractivity contribution < 1.29 is 51.0 Å². The maximum atomic E-state index is 2.24. The van der Waals surface area contributed by atoms with Crippen molar-refractivity contribution in [3.05, 3.63) is 121 Å². The van der Waals surface area contributed by atoms with E-state index < -0.39 is 0 Å². The van der Waals surface area contributed by atoms with Gasteiger partial charge in [-0.15, -0.1) is 71.1 Å². The SMILES string of the molecule is [Cl-].[Cl-].[Zr+4].c1ccc(-c2cc[c-](-c3ccccc3)c2)cc1.c1ccc2[cH-]ccc2c1. The van der Waals surface area contributed by atoms with Crippen LogP contribution in [0.1, 0.15) is 0 Å².